The van der Waals surface area contributed by atoms with Gasteiger partial charge in [0.15, 0.2) is 0 Å². The van der Waals surface area contributed by atoms with E-state index in [-0.39, 0.29) is 23.3 Å². The lowest BCUT2D eigenvalue weighted by Crippen LogP contribution is -2.59. The molecule has 8 nitrogen and oxygen atoms in total. The predicted molar refractivity (Wildman–Crippen MR) is 92.1 cm³/mol. The fraction of sp³-hybridized carbons (Fsp3) is 0.444. The molecule has 26 heavy (non-hydrogen) atoms. The van der Waals surface area contributed by atoms with Crippen LogP contribution >= 0.6 is 0 Å². The van der Waals surface area contributed by atoms with Crippen LogP contribution in [0.2, 0.25) is 0 Å². The van der Waals surface area contributed by atoms with Crippen molar-refractivity contribution in [1.29, 1.82) is 0 Å². The van der Waals surface area contributed by atoms with Crippen LogP contribution in [0.4, 0.5) is 0 Å². The van der Waals surface area contributed by atoms with E-state index in [2.05, 4.69) is 25.5 Å². The Morgan fingerprint density at radius 1 is 1.08 bits per heavy atom. The van der Waals surface area contributed by atoms with E-state index in [1.807, 2.05) is 4.90 Å². The van der Waals surface area contributed by atoms with Crippen molar-refractivity contribution in [2.75, 3.05) is 13.1 Å². The Labute approximate surface area is 151 Å². The lowest BCUT2D eigenvalue weighted by atomic mass is 9.59. The van der Waals surface area contributed by atoms with E-state index in [4.69, 9.17) is 0 Å². The standard InChI is InChI=1S/C18H20N6O2/c25-16(14-12-19-7-8-20-14)23-15-1-3-18(15)4-9-24(10-5-18)17(26)13-2-6-21-22-11-13/h2,6-8,11-12,15H,1,3-5,9-10H2,(H,23,25)/t15-/m0/s1. The molecule has 0 bridgehead atoms. The minimum Gasteiger partial charge on any atom is -0.347 e. The lowest BCUT2D eigenvalue weighted by Gasteiger charge is -2.54. The summed E-state index contributed by atoms with van der Waals surface area (Å²) in [5.41, 5.74) is 0.995. The molecule has 0 unspecified atom stereocenters. The Morgan fingerprint density at radius 2 is 1.92 bits per heavy atom. The number of carbonyl (C=O) groups excluding carboxylic acids is 2. The quantitative estimate of drug-likeness (QED) is 0.887. The molecule has 2 aromatic rings. The van der Waals surface area contributed by atoms with E-state index in [1.165, 1.54) is 24.8 Å². The van der Waals surface area contributed by atoms with Gasteiger partial charge in [-0.1, -0.05) is 0 Å². The van der Waals surface area contributed by atoms with Crippen LogP contribution in [0.15, 0.2) is 37.1 Å². The third-order valence-corrected chi connectivity index (χ3v) is 5.65. The zero-order valence-corrected chi connectivity index (χ0v) is 14.3. The Balaban J connectivity index is 1.36. The van der Waals surface area contributed by atoms with Gasteiger partial charge in [-0.15, -0.1) is 0 Å². The van der Waals surface area contributed by atoms with E-state index in [0.29, 0.717) is 24.3 Å². The number of piperidine rings is 1. The van der Waals surface area contributed by atoms with Gasteiger partial charge in [0.25, 0.3) is 11.8 Å². The van der Waals surface area contributed by atoms with Gasteiger partial charge >= 0.3 is 0 Å². The minimum absolute atomic E-state index is 0.00535. The molecule has 2 fully saturated rings. The molecule has 2 aromatic heterocycles. The maximum Gasteiger partial charge on any atom is 0.271 e. The van der Waals surface area contributed by atoms with Crippen LogP contribution in [0.3, 0.4) is 0 Å². The fourth-order valence-corrected chi connectivity index (χ4v) is 3.92. The SMILES string of the molecule is O=C(N[C@H]1CCC12CCN(C(=O)c1ccnnc1)CC2)c1cnccn1. The summed E-state index contributed by atoms with van der Waals surface area (Å²) in [7, 11) is 0. The highest BCUT2D eigenvalue weighted by Gasteiger charge is 2.49. The molecule has 1 saturated carbocycles. The summed E-state index contributed by atoms with van der Waals surface area (Å²) in [4.78, 5) is 34.7. The van der Waals surface area contributed by atoms with E-state index in [0.717, 1.165) is 25.7 Å². The Hall–Kier alpha value is -2.90. The van der Waals surface area contributed by atoms with Crippen LogP contribution in [-0.4, -0.2) is 56.0 Å². The van der Waals surface area contributed by atoms with Crippen molar-refractivity contribution < 1.29 is 9.59 Å². The molecule has 1 atom stereocenters. The number of nitrogens with zero attached hydrogens (tertiary/aromatic N) is 5. The lowest BCUT2D eigenvalue weighted by molar-refractivity contribution is -0.00241. The van der Waals surface area contributed by atoms with Crippen molar-refractivity contribution in [2.24, 2.45) is 5.41 Å². The van der Waals surface area contributed by atoms with Crippen LogP contribution in [0.5, 0.6) is 0 Å². The van der Waals surface area contributed by atoms with Crippen LogP contribution < -0.4 is 5.32 Å². The van der Waals surface area contributed by atoms with Crippen molar-refractivity contribution in [3.8, 4) is 0 Å². The minimum atomic E-state index is -0.177. The Kier molecular flexibility index (Phi) is 4.32. The zero-order chi connectivity index (χ0) is 18.0. The van der Waals surface area contributed by atoms with Crippen LogP contribution in [-0.2, 0) is 0 Å². The third kappa shape index (κ3) is 3.02. The number of likely N-dealkylation sites (tertiary alicyclic amines) is 1. The number of hydrogen-bond acceptors (Lipinski definition) is 6. The van der Waals surface area contributed by atoms with E-state index in [1.54, 1.807) is 12.3 Å². The van der Waals surface area contributed by atoms with Gasteiger partial charge in [0.2, 0.25) is 0 Å². The number of nitrogens with one attached hydrogen (secondary N) is 1. The van der Waals surface area contributed by atoms with Crippen molar-refractivity contribution in [2.45, 2.75) is 31.7 Å². The summed E-state index contributed by atoms with van der Waals surface area (Å²) in [6.07, 6.45) is 11.4. The van der Waals surface area contributed by atoms with Gasteiger partial charge in [-0.2, -0.15) is 10.2 Å². The Bertz CT molecular complexity index is 790. The molecule has 2 aliphatic rings. The highest BCUT2D eigenvalue weighted by molar-refractivity contribution is 5.94. The molecule has 1 spiro atoms. The monoisotopic (exact) mass is 352 g/mol. The van der Waals surface area contributed by atoms with Crippen molar-refractivity contribution in [3.05, 3.63) is 48.3 Å². The summed E-state index contributed by atoms with van der Waals surface area (Å²) < 4.78 is 0. The first kappa shape index (κ1) is 16.6. The number of carbonyl (C=O) groups is 2. The van der Waals surface area contributed by atoms with Gasteiger partial charge < -0.3 is 10.2 Å². The van der Waals surface area contributed by atoms with Gasteiger partial charge in [-0.05, 0) is 37.2 Å². The average Bonchev–Trinajstić information content (AvgIpc) is 2.72. The van der Waals surface area contributed by atoms with Crippen LogP contribution in [0.1, 0.15) is 46.5 Å². The van der Waals surface area contributed by atoms with Crippen molar-refractivity contribution in [3.63, 3.8) is 0 Å². The zero-order valence-electron chi connectivity index (χ0n) is 14.3. The summed E-state index contributed by atoms with van der Waals surface area (Å²) in [5.74, 6) is -0.183. The molecule has 1 aliphatic carbocycles. The maximum atomic E-state index is 12.5. The normalized spacial score (nSPS) is 21.1. The molecule has 4 rings (SSSR count). The number of amides is 2. The molecule has 1 N–H and O–H groups in total. The van der Waals surface area contributed by atoms with Gasteiger partial charge in [0.05, 0.1) is 24.2 Å². The maximum absolute atomic E-state index is 12.5. The van der Waals surface area contributed by atoms with E-state index < -0.39 is 0 Å². The molecule has 0 aromatic carbocycles. The molecule has 2 amide bonds. The highest BCUT2D eigenvalue weighted by atomic mass is 16.2. The Morgan fingerprint density at radius 3 is 2.54 bits per heavy atom. The molecule has 0 radical (unpaired) electrons. The average molecular weight is 352 g/mol. The summed E-state index contributed by atoms with van der Waals surface area (Å²) in [6.45, 7) is 1.39. The first-order valence-corrected chi connectivity index (χ1v) is 8.81. The number of hydrogen-bond donors (Lipinski definition) is 1. The van der Waals surface area contributed by atoms with E-state index >= 15 is 0 Å². The molecule has 1 saturated heterocycles. The first-order valence-electron chi connectivity index (χ1n) is 8.81. The first-order chi connectivity index (χ1) is 12.7. The van der Waals surface area contributed by atoms with Gasteiger partial charge in [0.1, 0.15) is 5.69 Å². The molecule has 8 heteroatoms. The fourth-order valence-electron chi connectivity index (χ4n) is 3.92. The second-order valence-corrected chi connectivity index (χ2v) is 6.94. The van der Waals surface area contributed by atoms with Gasteiger partial charge in [-0.25, -0.2) is 4.98 Å². The number of aromatic nitrogens is 4. The van der Waals surface area contributed by atoms with Gasteiger partial charge in [0, 0.05) is 31.5 Å². The second-order valence-electron chi connectivity index (χ2n) is 6.94. The molecule has 3 heterocycles. The van der Waals surface area contributed by atoms with Crippen molar-refractivity contribution in [1.82, 2.24) is 30.4 Å². The highest BCUT2D eigenvalue weighted by Crippen LogP contribution is 2.49. The molecular weight excluding hydrogens is 332 g/mol. The topological polar surface area (TPSA) is 101 Å². The number of rotatable bonds is 3. The van der Waals surface area contributed by atoms with E-state index in [9.17, 15) is 9.59 Å². The van der Waals surface area contributed by atoms with Gasteiger partial charge in [-0.3, -0.25) is 14.6 Å². The summed E-state index contributed by atoms with van der Waals surface area (Å²) >= 11 is 0. The van der Waals surface area contributed by atoms with Crippen LogP contribution in [0, 0.1) is 5.41 Å². The third-order valence-electron chi connectivity index (χ3n) is 5.65. The van der Waals surface area contributed by atoms with Crippen molar-refractivity contribution >= 4 is 11.8 Å². The largest absolute Gasteiger partial charge is 0.347 e. The predicted octanol–water partition coefficient (Wildman–Crippen LogP) is 1.08. The second kappa shape index (κ2) is 6.78. The molecular formula is C18H20N6O2. The smallest absolute Gasteiger partial charge is 0.271 e. The van der Waals surface area contributed by atoms with Crippen LogP contribution in [0.25, 0.3) is 0 Å². The molecule has 1 aliphatic heterocycles. The summed E-state index contributed by atoms with van der Waals surface area (Å²) in [5, 5.41) is 10.6. The molecule has 134 valence electrons. The summed E-state index contributed by atoms with van der Waals surface area (Å²) in [6, 6.07) is 1.82.